The Balaban J connectivity index is 0. The average molecular weight is 316 g/mol. The molecule has 0 heterocycles. The molecule has 0 unspecified atom stereocenters. The predicted octanol–water partition coefficient (Wildman–Crippen LogP) is 3.82. The normalized spacial score (nSPS) is 6.62. The van der Waals surface area contributed by atoms with Gasteiger partial charge >= 0.3 is 26.2 Å². The summed E-state index contributed by atoms with van der Waals surface area (Å²) in [7, 11) is 0. The Morgan fingerprint density at radius 1 is 0.692 bits per heavy atom. The maximum Gasteiger partial charge on any atom is 2.00 e. The molecule has 0 aromatic heterocycles. The van der Waals surface area contributed by atoms with E-state index in [1.807, 2.05) is 66.5 Å². The van der Waals surface area contributed by atoms with Crippen LogP contribution in [0.1, 0.15) is 0 Å². The third-order valence-corrected chi connectivity index (χ3v) is 1.11. The van der Waals surface area contributed by atoms with Crippen LogP contribution < -0.4 is 0 Å². The van der Waals surface area contributed by atoms with Crippen molar-refractivity contribution >= 4 is 15.9 Å². The van der Waals surface area contributed by atoms with Gasteiger partial charge in [0.05, 0.1) is 0 Å². The predicted molar refractivity (Wildman–Crippen MR) is 58.9 cm³/mol. The number of rotatable bonds is 0. The van der Waals surface area contributed by atoms with Crippen molar-refractivity contribution < 1.29 is 26.2 Å². The van der Waals surface area contributed by atoms with Crippen LogP contribution in [0.15, 0.2) is 60.7 Å². The summed E-state index contributed by atoms with van der Waals surface area (Å²) in [4.78, 5) is 0. The molecule has 0 aliphatic heterocycles. The Morgan fingerprint density at radius 2 is 0.923 bits per heavy atom. The van der Waals surface area contributed by atoms with Crippen LogP contribution in [0, 0.1) is 0 Å². The standard InChI is InChI=1S/2C5H5.CH3Br.Zr/c2*1-2-4-5-3-1;1-2;/h2*1-5H;1H3;/q2*-1;;+2. The van der Waals surface area contributed by atoms with E-state index in [0.717, 1.165) is 0 Å². The molecule has 0 spiro atoms. The van der Waals surface area contributed by atoms with Crippen LogP contribution in [0.5, 0.6) is 0 Å². The van der Waals surface area contributed by atoms with E-state index in [2.05, 4.69) is 15.9 Å². The summed E-state index contributed by atoms with van der Waals surface area (Å²) >= 11 is 2.94. The second-order valence-corrected chi connectivity index (χ2v) is 1.92. The van der Waals surface area contributed by atoms with Gasteiger partial charge in [0.1, 0.15) is 0 Å². The zero-order chi connectivity index (χ0) is 9.07. The fourth-order valence-corrected chi connectivity index (χ4v) is 0.642. The molecule has 0 saturated heterocycles. The molecule has 68 valence electrons. The first-order valence-corrected chi connectivity index (χ1v) is 5.30. The Bertz CT molecular complexity index is 149. The molecule has 0 aliphatic carbocycles. The quantitative estimate of drug-likeness (QED) is 0.512. The molecular weight excluding hydrogens is 303 g/mol. The third kappa shape index (κ3) is 12.1. The monoisotopic (exact) mass is 314 g/mol. The topological polar surface area (TPSA) is 0 Å². The average Bonchev–Trinajstić information content (AvgIpc) is 2.87. The van der Waals surface area contributed by atoms with Crippen molar-refractivity contribution in [1.29, 1.82) is 0 Å². The van der Waals surface area contributed by atoms with Crippen LogP contribution in [0.25, 0.3) is 0 Å². The summed E-state index contributed by atoms with van der Waals surface area (Å²) in [6.07, 6.45) is 0. The SMILES string of the molecule is CBr.[Zr+2].c1cc[cH-]c1.c1cc[cH-]c1. The number of halogens is 1. The van der Waals surface area contributed by atoms with E-state index in [9.17, 15) is 0 Å². The van der Waals surface area contributed by atoms with Gasteiger partial charge in [-0.05, 0) is 5.83 Å². The van der Waals surface area contributed by atoms with Gasteiger partial charge in [-0.25, -0.2) is 24.3 Å². The van der Waals surface area contributed by atoms with Crippen LogP contribution in [-0.4, -0.2) is 5.83 Å². The molecule has 0 saturated carbocycles. The molecule has 0 nitrogen and oxygen atoms in total. The van der Waals surface area contributed by atoms with Gasteiger partial charge in [-0.1, -0.05) is 15.9 Å². The first-order chi connectivity index (χ1) is 6.00. The number of hydrogen-bond donors (Lipinski definition) is 0. The molecule has 2 rings (SSSR count). The van der Waals surface area contributed by atoms with E-state index < -0.39 is 0 Å². The minimum atomic E-state index is 0. The Kier molecular flexibility index (Phi) is 17.4. The first kappa shape index (κ1) is 15.5. The van der Waals surface area contributed by atoms with Gasteiger partial charge in [-0.15, -0.1) is 0 Å². The summed E-state index contributed by atoms with van der Waals surface area (Å²) in [6.45, 7) is 0. The molecule has 2 aromatic carbocycles. The Morgan fingerprint density at radius 3 is 1.00 bits per heavy atom. The van der Waals surface area contributed by atoms with E-state index in [4.69, 9.17) is 0 Å². The van der Waals surface area contributed by atoms with Crippen LogP contribution in [-0.2, 0) is 26.2 Å². The van der Waals surface area contributed by atoms with Crippen LogP contribution >= 0.6 is 15.9 Å². The van der Waals surface area contributed by atoms with Crippen molar-refractivity contribution in [3.05, 3.63) is 60.7 Å². The van der Waals surface area contributed by atoms with Gasteiger partial charge in [-0.2, -0.15) is 36.4 Å². The van der Waals surface area contributed by atoms with Crippen LogP contribution in [0.4, 0.5) is 0 Å². The summed E-state index contributed by atoms with van der Waals surface area (Å²) in [5.74, 6) is 1.81. The van der Waals surface area contributed by atoms with E-state index >= 15 is 0 Å². The van der Waals surface area contributed by atoms with Crippen LogP contribution in [0.2, 0.25) is 0 Å². The zero-order valence-corrected chi connectivity index (χ0v) is 11.7. The van der Waals surface area contributed by atoms with E-state index in [-0.39, 0.29) is 26.2 Å². The van der Waals surface area contributed by atoms with Gasteiger partial charge < -0.3 is 0 Å². The minimum Gasteiger partial charge on any atom is -0.214 e. The van der Waals surface area contributed by atoms with Gasteiger partial charge in [0.15, 0.2) is 0 Å². The maximum absolute atomic E-state index is 2.94. The molecular formula is C11H13BrZr. The number of hydrogen-bond acceptors (Lipinski definition) is 0. The molecule has 0 fully saturated rings. The fourth-order valence-electron chi connectivity index (χ4n) is 0.642. The largest absolute Gasteiger partial charge is 2.00 e. The molecule has 0 bridgehead atoms. The fraction of sp³-hybridized carbons (Fsp3) is 0.0909. The number of alkyl halides is 1. The Hall–Kier alpha value is 0.0631. The molecule has 2 heteroatoms. The molecule has 0 aliphatic rings. The van der Waals surface area contributed by atoms with Crippen molar-refractivity contribution in [1.82, 2.24) is 0 Å². The molecule has 2 aromatic rings. The summed E-state index contributed by atoms with van der Waals surface area (Å²) in [5, 5.41) is 0. The second-order valence-electron chi connectivity index (χ2n) is 1.92. The molecule has 0 N–H and O–H groups in total. The van der Waals surface area contributed by atoms with Gasteiger partial charge in [0, 0.05) is 0 Å². The van der Waals surface area contributed by atoms with Crippen molar-refractivity contribution in [3.8, 4) is 0 Å². The van der Waals surface area contributed by atoms with Gasteiger partial charge in [0.2, 0.25) is 0 Å². The maximum atomic E-state index is 2.94. The van der Waals surface area contributed by atoms with Crippen molar-refractivity contribution in [2.24, 2.45) is 0 Å². The second kappa shape index (κ2) is 14.6. The summed E-state index contributed by atoms with van der Waals surface area (Å²) in [5.41, 5.74) is 0. The third-order valence-electron chi connectivity index (χ3n) is 1.11. The van der Waals surface area contributed by atoms with Crippen molar-refractivity contribution in [3.63, 3.8) is 0 Å². The van der Waals surface area contributed by atoms with Crippen LogP contribution in [0.3, 0.4) is 0 Å². The van der Waals surface area contributed by atoms with E-state index in [1.54, 1.807) is 0 Å². The molecule has 0 atom stereocenters. The van der Waals surface area contributed by atoms with Crippen molar-refractivity contribution in [2.75, 3.05) is 5.83 Å². The van der Waals surface area contributed by atoms with Gasteiger partial charge in [-0.3, -0.25) is 0 Å². The van der Waals surface area contributed by atoms with E-state index in [0.29, 0.717) is 0 Å². The first-order valence-electron chi connectivity index (χ1n) is 3.71. The Labute approximate surface area is 108 Å². The smallest absolute Gasteiger partial charge is 0.214 e. The summed E-state index contributed by atoms with van der Waals surface area (Å²) in [6, 6.07) is 20.0. The molecule has 13 heavy (non-hydrogen) atoms. The van der Waals surface area contributed by atoms with Gasteiger partial charge in [0.25, 0.3) is 0 Å². The molecule has 0 radical (unpaired) electrons. The summed E-state index contributed by atoms with van der Waals surface area (Å²) < 4.78 is 0. The van der Waals surface area contributed by atoms with Crippen molar-refractivity contribution in [2.45, 2.75) is 0 Å². The van der Waals surface area contributed by atoms with E-state index in [1.165, 1.54) is 0 Å². The minimum absolute atomic E-state index is 0. The zero-order valence-electron chi connectivity index (χ0n) is 7.65. The molecule has 0 amide bonds.